The van der Waals surface area contributed by atoms with Gasteiger partial charge in [0.05, 0.1) is 13.1 Å². The molecule has 0 spiro atoms. The van der Waals surface area contributed by atoms with Crippen LogP contribution in [0.1, 0.15) is 18.1 Å². The Morgan fingerprint density at radius 1 is 0.862 bits per heavy atom. The van der Waals surface area contributed by atoms with Crippen molar-refractivity contribution >= 4 is 23.2 Å². The molecule has 154 valence electrons. The number of aryl methyl sites for hydroxylation is 2. The van der Waals surface area contributed by atoms with Crippen molar-refractivity contribution in [3.05, 3.63) is 59.7 Å². The van der Waals surface area contributed by atoms with E-state index >= 15 is 0 Å². The van der Waals surface area contributed by atoms with Crippen LogP contribution in [0, 0.1) is 6.92 Å². The van der Waals surface area contributed by atoms with E-state index in [0.29, 0.717) is 13.1 Å². The number of nitrogens with one attached hydrogen (secondary N) is 2. The number of anilines is 2. The third-order valence-corrected chi connectivity index (χ3v) is 5.17. The van der Waals surface area contributed by atoms with Crippen LogP contribution in [0.15, 0.2) is 48.5 Å². The summed E-state index contributed by atoms with van der Waals surface area (Å²) in [6.07, 6.45) is 0.889. The van der Waals surface area contributed by atoms with Crippen LogP contribution < -0.4 is 10.6 Å². The Balaban J connectivity index is 1.41. The van der Waals surface area contributed by atoms with Crippen LogP contribution >= 0.6 is 0 Å². The fourth-order valence-electron chi connectivity index (χ4n) is 3.58. The summed E-state index contributed by atoms with van der Waals surface area (Å²) < 4.78 is 0. The highest BCUT2D eigenvalue weighted by Gasteiger charge is 2.21. The summed E-state index contributed by atoms with van der Waals surface area (Å²) in [6, 6.07) is 15.7. The Hall–Kier alpha value is -2.70. The molecule has 0 atom stereocenters. The molecule has 0 unspecified atom stereocenters. The molecule has 2 N–H and O–H groups in total. The van der Waals surface area contributed by atoms with Crippen molar-refractivity contribution in [1.82, 2.24) is 9.80 Å². The van der Waals surface area contributed by atoms with E-state index in [1.54, 1.807) is 0 Å². The fourth-order valence-corrected chi connectivity index (χ4v) is 3.58. The lowest BCUT2D eigenvalue weighted by Crippen LogP contribution is -2.50. The van der Waals surface area contributed by atoms with Gasteiger partial charge in [-0.3, -0.25) is 19.4 Å². The molecule has 6 heteroatoms. The molecule has 0 radical (unpaired) electrons. The number of carbonyl (C=O) groups is 2. The molecule has 1 fully saturated rings. The van der Waals surface area contributed by atoms with Crippen molar-refractivity contribution in [3.8, 4) is 0 Å². The highest BCUT2D eigenvalue weighted by molar-refractivity contribution is 5.93. The lowest BCUT2D eigenvalue weighted by atomic mass is 10.1. The van der Waals surface area contributed by atoms with E-state index in [1.807, 2.05) is 55.5 Å². The predicted octanol–water partition coefficient (Wildman–Crippen LogP) is 2.75. The minimum Gasteiger partial charge on any atom is -0.325 e. The molecule has 1 saturated heterocycles. The Bertz CT molecular complexity index is 844. The molecular formula is C23H30N4O2. The summed E-state index contributed by atoms with van der Waals surface area (Å²) in [6.45, 7) is 7.95. The second kappa shape index (κ2) is 10.2. The molecule has 2 aromatic rings. The molecule has 0 aromatic heterocycles. The van der Waals surface area contributed by atoms with E-state index in [4.69, 9.17) is 0 Å². The molecule has 3 rings (SSSR count). The first kappa shape index (κ1) is 21.0. The maximum atomic E-state index is 12.4. The third kappa shape index (κ3) is 6.41. The number of hydrogen-bond acceptors (Lipinski definition) is 4. The van der Waals surface area contributed by atoms with Gasteiger partial charge in [0.25, 0.3) is 0 Å². The highest BCUT2D eigenvalue weighted by Crippen LogP contribution is 2.15. The Morgan fingerprint density at radius 2 is 1.48 bits per heavy atom. The first-order valence-electron chi connectivity index (χ1n) is 10.2. The maximum Gasteiger partial charge on any atom is 0.238 e. The number of amides is 2. The van der Waals surface area contributed by atoms with Crippen LogP contribution in [0.4, 0.5) is 11.4 Å². The molecule has 29 heavy (non-hydrogen) atoms. The molecule has 2 amide bonds. The van der Waals surface area contributed by atoms with Crippen LogP contribution in [-0.2, 0) is 16.0 Å². The molecule has 1 aliphatic heterocycles. The number of nitrogens with zero attached hydrogens (tertiary/aromatic N) is 2. The number of hydrogen-bond donors (Lipinski definition) is 2. The topological polar surface area (TPSA) is 64.7 Å². The third-order valence-electron chi connectivity index (χ3n) is 5.17. The van der Waals surface area contributed by atoms with E-state index in [9.17, 15) is 9.59 Å². The van der Waals surface area contributed by atoms with Crippen LogP contribution in [-0.4, -0.2) is 60.9 Å². The largest absolute Gasteiger partial charge is 0.325 e. The summed E-state index contributed by atoms with van der Waals surface area (Å²) in [4.78, 5) is 29.0. The lowest BCUT2D eigenvalue weighted by molar-refractivity contribution is -0.120. The molecule has 2 aromatic carbocycles. The molecule has 0 bridgehead atoms. The van der Waals surface area contributed by atoms with Crippen molar-refractivity contribution in [2.75, 3.05) is 49.9 Å². The number of carbonyl (C=O) groups excluding carboxylic acids is 2. The number of rotatable bonds is 7. The van der Waals surface area contributed by atoms with Gasteiger partial charge in [0.1, 0.15) is 0 Å². The van der Waals surface area contributed by atoms with Gasteiger partial charge in [-0.15, -0.1) is 0 Å². The lowest BCUT2D eigenvalue weighted by Gasteiger charge is -2.33. The van der Waals surface area contributed by atoms with Gasteiger partial charge < -0.3 is 10.6 Å². The van der Waals surface area contributed by atoms with Crippen molar-refractivity contribution < 1.29 is 9.59 Å². The minimum atomic E-state index is -0.00188. The average molecular weight is 395 g/mol. The van der Waals surface area contributed by atoms with Gasteiger partial charge in [0.2, 0.25) is 11.8 Å². The molecular weight excluding hydrogens is 364 g/mol. The van der Waals surface area contributed by atoms with Gasteiger partial charge in [0.15, 0.2) is 0 Å². The normalized spacial score (nSPS) is 15.1. The smallest absolute Gasteiger partial charge is 0.238 e. The molecule has 1 heterocycles. The first-order valence-corrected chi connectivity index (χ1v) is 10.2. The van der Waals surface area contributed by atoms with Crippen LogP contribution in [0.2, 0.25) is 0 Å². The van der Waals surface area contributed by atoms with Crippen molar-refractivity contribution in [2.24, 2.45) is 0 Å². The van der Waals surface area contributed by atoms with Gasteiger partial charge in [-0.1, -0.05) is 37.3 Å². The second-order valence-corrected chi connectivity index (χ2v) is 7.53. The van der Waals surface area contributed by atoms with Gasteiger partial charge in [0, 0.05) is 37.6 Å². The molecule has 1 aliphatic rings. The fraction of sp³-hybridized carbons (Fsp3) is 0.391. The molecule has 0 saturated carbocycles. The Kier molecular flexibility index (Phi) is 7.38. The van der Waals surface area contributed by atoms with Gasteiger partial charge in [-0.25, -0.2) is 0 Å². The highest BCUT2D eigenvalue weighted by atomic mass is 16.2. The number of benzene rings is 2. The van der Waals surface area contributed by atoms with Crippen LogP contribution in [0.25, 0.3) is 0 Å². The number of piperazine rings is 1. The molecule has 6 nitrogen and oxygen atoms in total. The van der Waals surface area contributed by atoms with Gasteiger partial charge in [-0.05, 0) is 42.7 Å². The van der Waals surface area contributed by atoms with Crippen molar-refractivity contribution in [2.45, 2.75) is 20.3 Å². The minimum absolute atomic E-state index is 0.00188. The van der Waals surface area contributed by atoms with Crippen molar-refractivity contribution in [3.63, 3.8) is 0 Å². The van der Waals surface area contributed by atoms with Crippen molar-refractivity contribution in [1.29, 1.82) is 0 Å². The van der Waals surface area contributed by atoms with E-state index in [-0.39, 0.29) is 11.8 Å². The molecule has 0 aliphatic carbocycles. The Morgan fingerprint density at radius 3 is 2.10 bits per heavy atom. The van der Waals surface area contributed by atoms with E-state index in [1.165, 1.54) is 0 Å². The quantitative estimate of drug-likeness (QED) is 0.758. The summed E-state index contributed by atoms with van der Waals surface area (Å²) in [7, 11) is 0. The van der Waals surface area contributed by atoms with Crippen LogP contribution in [0.3, 0.4) is 0 Å². The summed E-state index contributed by atoms with van der Waals surface area (Å²) in [5.41, 5.74) is 3.99. The summed E-state index contributed by atoms with van der Waals surface area (Å²) in [5.74, 6) is 0.00880. The standard InChI is InChI=1S/C23H30N4O2/c1-3-19-8-4-5-10-21(19)25-23(29)17-27-13-11-26(12-14-27)16-22(28)24-20-9-6-7-18(2)15-20/h4-10,15H,3,11-14,16-17H2,1-2H3,(H,24,28)(H,25,29). The zero-order valence-electron chi connectivity index (χ0n) is 17.3. The Labute approximate surface area is 172 Å². The van der Waals surface area contributed by atoms with E-state index in [2.05, 4.69) is 27.4 Å². The van der Waals surface area contributed by atoms with E-state index < -0.39 is 0 Å². The second-order valence-electron chi connectivity index (χ2n) is 7.53. The van der Waals surface area contributed by atoms with E-state index in [0.717, 1.165) is 55.1 Å². The van der Waals surface area contributed by atoms with Gasteiger partial charge >= 0.3 is 0 Å². The van der Waals surface area contributed by atoms with Gasteiger partial charge in [-0.2, -0.15) is 0 Å². The monoisotopic (exact) mass is 394 g/mol. The number of para-hydroxylation sites is 1. The zero-order chi connectivity index (χ0) is 20.6. The summed E-state index contributed by atoms with van der Waals surface area (Å²) >= 11 is 0. The first-order chi connectivity index (χ1) is 14.0. The van der Waals surface area contributed by atoms with Crippen LogP contribution in [0.5, 0.6) is 0 Å². The average Bonchev–Trinajstić information content (AvgIpc) is 2.70. The SMILES string of the molecule is CCc1ccccc1NC(=O)CN1CCN(CC(=O)Nc2cccc(C)c2)CC1. The predicted molar refractivity (Wildman–Crippen MR) is 117 cm³/mol. The zero-order valence-corrected chi connectivity index (χ0v) is 17.3. The maximum absolute atomic E-state index is 12.4. The summed E-state index contributed by atoms with van der Waals surface area (Å²) in [5, 5.41) is 5.98.